The minimum Gasteiger partial charge on any atom is -0.478 e. The summed E-state index contributed by atoms with van der Waals surface area (Å²) in [6.45, 7) is 6.30. The summed E-state index contributed by atoms with van der Waals surface area (Å²) in [5, 5.41) is 73.5. The molecule has 3 aliphatic rings. The number of aliphatic carboxylic acids is 1. The predicted octanol–water partition coefficient (Wildman–Crippen LogP) is -3.66. The summed E-state index contributed by atoms with van der Waals surface area (Å²) in [6, 6.07) is 0. The van der Waals surface area contributed by atoms with Crippen LogP contribution >= 0.6 is 0 Å². The van der Waals surface area contributed by atoms with Gasteiger partial charge in [-0.15, -0.1) is 6.58 Å². The van der Waals surface area contributed by atoms with Gasteiger partial charge >= 0.3 is 11.9 Å². The number of aliphatic hydroxyl groups is 6. The van der Waals surface area contributed by atoms with Crippen molar-refractivity contribution in [3.63, 3.8) is 0 Å². The monoisotopic (exact) mass is 713 g/mol. The molecule has 8 unspecified atom stereocenters. The summed E-state index contributed by atoms with van der Waals surface area (Å²) >= 11 is 0. The van der Waals surface area contributed by atoms with Crippen LogP contribution in [0.2, 0.25) is 0 Å². The van der Waals surface area contributed by atoms with Crippen molar-refractivity contribution in [2.45, 2.75) is 63.1 Å². The number of carboxylic acids is 1. The number of allylic oxidation sites excluding steroid dienone is 2. The highest BCUT2D eigenvalue weighted by Gasteiger charge is 2.57. The average molecular weight is 714 g/mol. The minimum atomic E-state index is -2.91. The normalized spacial score (nSPS) is 30.1. The van der Waals surface area contributed by atoms with Gasteiger partial charge in [-0.05, 0) is 20.3 Å². The van der Waals surface area contributed by atoms with E-state index in [1.807, 2.05) is 0 Å². The fourth-order valence-electron chi connectivity index (χ4n) is 5.64. The number of esters is 1. The third-order valence-electron chi connectivity index (χ3n) is 8.12. The van der Waals surface area contributed by atoms with E-state index < -0.39 is 73.2 Å². The van der Waals surface area contributed by atoms with Crippen LogP contribution in [0.25, 0.3) is 0 Å². The van der Waals surface area contributed by atoms with Crippen molar-refractivity contribution in [2.75, 3.05) is 46.6 Å². The molecule has 50 heavy (non-hydrogen) atoms. The number of nitrogens with zero attached hydrogens (tertiary/aromatic N) is 1. The zero-order chi connectivity index (χ0) is 37.2. The average Bonchev–Trinajstić information content (AvgIpc) is 3.07. The molecule has 1 saturated heterocycles. The smallest absolute Gasteiger partial charge is 0.339 e. The first kappa shape index (κ1) is 40.7. The number of rotatable bonds is 16. The highest BCUT2D eigenvalue weighted by molar-refractivity contribution is 5.92. The lowest BCUT2D eigenvalue weighted by atomic mass is 9.83. The highest BCUT2D eigenvalue weighted by Crippen LogP contribution is 2.38. The molecule has 8 atom stereocenters. The van der Waals surface area contributed by atoms with Crippen molar-refractivity contribution < 1.29 is 73.9 Å². The quantitative estimate of drug-likeness (QED) is 0.0184. The Bertz CT molecular complexity index is 1360. The van der Waals surface area contributed by atoms with E-state index in [0.717, 1.165) is 6.26 Å². The lowest BCUT2D eigenvalue weighted by Gasteiger charge is -2.48. The Morgan fingerprint density at radius 2 is 1.96 bits per heavy atom. The molecule has 0 aromatic rings. The molecule has 0 saturated carbocycles. The van der Waals surface area contributed by atoms with E-state index in [1.165, 1.54) is 19.3 Å². The Balaban J connectivity index is 2.06. The van der Waals surface area contributed by atoms with Gasteiger partial charge in [0.2, 0.25) is 12.1 Å². The van der Waals surface area contributed by atoms with Gasteiger partial charge < -0.3 is 75.4 Å². The van der Waals surface area contributed by atoms with E-state index in [2.05, 4.69) is 16.9 Å². The number of nitrogens with one attached hydrogen (secondary N) is 2. The third kappa shape index (κ3) is 9.75. The second-order valence-corrected chi connectivity index (χ2v) is 12.0. The Labute approximate surface area is 289 Å². The van der Waals surface area contributed by atoms with Crippen LogP contribution in [0.4, 0.5) is 0 Å². The maximum absolute atomic E-state index is 12.9. The standard InChI is InChI=1S/C32H48N4O14/c1-5-19-20(8-7-18-13-36(10-12-38)14-21(27(41)42)24(18)35-31(33)34-9-6-11-37)22(28(43)46-4)16-47-29(19)50-30-26(48-17(2)3)32(44,45)25(40)23(15-39)49-30/h5,7-8,13,16-17,19-20,23,25-26,29-30,37-40,44-45H,1,6,9-12,14-15H2,2-4H3,(H,41,42)(H3,33,34,35)/p+1. The number of hydrogen-bond donors (Lipinski definition) is 10. The predicted molar refractivity (Wildman–Crippen MR) is 173 cm³/mol. The van der Waals surface area contributed by atoms with E-state index in [1.54, 1.807) is 26.1 Å². The molecule has 3 rings (SSSR count). The first-order valence-corrected chi connectivity index (χ1v) is 16.0. The van der Waals surface area contributed by atoms with Crippen molar-refractivity contribution in [1.29, 1.82) is 0 Å². The van der Waals surface area contributed by atoms with Gasteiger partial charge in [0, 0.05) is 19.1 Å². The summed E-state index contributed by atoms with van der Waals surface area (Å²) in [6.07, 6.45) is -1.02. The van der Waals surface area contributed by atoms with Crippen molar-refractivity contribution in [3.05, 3.63) is 59.7 Å². The van der Waals surface area contributed by atoms with Gasteiger partial charge in [-0.2, -0.15) is 0 Å². The van der Waals surface area contributed by atoms with Crippen LogP contribution < -0.4 is 16.0 Å². The van der Waals surface area contributed by atoms with Crippen LogP contribution in [0.5, 0.6) is 0 Å². The Morgan fingerprint density at radius 1 is 1.24 bits per heavy atom. The van der Waals surface area contributed by atoms with Crippen LogP contribution in [0.1, 0.15) is 20.3 Å². The molecular formula is C32H49N4O14+. The van der Waals surface area contributed by atoms with Crippen LogP contribution in [0, 0.1) is 11.8 Å². The van der Waals surface area contributed by atoms with Crippen LogP contribution in [-0.2, 0) is 33.3 Å². The third-order valence-corrected chi connectivity index (χ3v) is 8.12. The van der Waals surface area contributed by atoms with Crippen LogP contribution in [0.3, 0.4) is 0 Å². The molecular weight excluding hydrogens is 664 g/mol. The molecule has 1 fully saturated rings. The molecule has 0 amide bonds. The number of carbonyl (C=O) groups excluding carboxylic acids is 1. The number of nitrogens with two attached hydrogens (primary N) is 1. The SMILES string of the molecule is C=CC1C(OC2OC(CO)C(O)C(O)(O)C2OC(C)C)OC=C(C(=O)OC)C1C=CC1=C[NH+](CCO)CC(C(=O)O)=C1NC(N)=NCCCO. The lowest BCUT2D eigenvalue weighted by molar-refractivity contribution is -0.843. The molecule has 0 bridgehead atoms. The Kier molecular flexibility index (Phi) is 15.1. The van der Waals surface area contributed by atoms with Gasteiger partial charge in [0.15, 0.2) is 18.4 Å². The second kappa shape index (κ2) is 18.5. The van der Waals surface area contributed by atoms with E-state index in [9.17, 15) is 40.2 Å². The van der Waals surface area contributed by atoms with E-state index in [-0.39, 0.29) is 55.7 Å². The number of carbonyl (C=O) groups is 2. The number of guanidine groups is 1. The van der Waals surface area contributed by atoms with Crippen molar-refractivity contribution in [3.8, 4) is 0 Å². The van der Waals surface area contributed by atoms with Gasteiger partial charge in [-0.25, -0.2) is 9.59 Å². The maximum Gasteiger partial charge on any atom is 0.339 e. The first-order valence-electron chi connectivity index (χ1n) is 16.0. The number of quaternary nitrogens is 1. The molecule has 3 aliphatic heterocycles. The van der Waals surface area contributed by atoms with Gasteiger partial charge in [-0.1, -0.05) is 18.2 Å². The molecule has 3 heterocycles. The molecule has 11 N–H and O–H groups in total. The topological polar surface area (TPSA) is 277 Å². The summed E-state index contributed by atoms with van der Waals surface area (Å²) in [4.78, 5) is 30.0. The molecule has 280 valence electrons. The number of methoxy groups -OCH3 is 1. The van der Waals surface area contributed by atoms with Crippen LogP contribution in [0.15, 0.2) is 64.7 Å². The van der Waals surface area contributed by atoms with E-state index >= 15 is 0 Å². The number of carboxylic acid groups (broad SMARTS) is 1. The molecule has 0 radical (unpaired) electrons. The van der Waals surface area contributed by atoms with Gasteiger partial charge in [0.05, 0.1) is 55.5 Å². The lowest BCUT2D eigenvalue weighted by Crippen LogP contribution is -3.09. The largest absolute Gasteiger partial charge is 0.478 e. The van der Waals surface area contributed by atoms with Crippen molar-refractivity contribution in [1.82, 2.24) is 5.32 Å². The zero-order valence-corrected chi connectivity index (χ0v) is 28.2. The Morgan fingerprint density at radius 3 is 2.54 bits per heavy atom. The summed E-state index contributed by atoms with van der Waals surface area (Å²) in [5.41, 5.74) is 6.44. The summed E-state index contributed by atoms with van der Waals surface area (Å²) in [7, 11) is 1.17. The molecule has 18 heteroatoms. The maximum atomic E-state index is 12.9. The zero-order valence-electron chi connectivity index (χ0n) is 28.2. The summed E-state index contributed by atoms with van der Waals surface area (Å²) < 4.78 is 28.1. The number of aliphatic hydroxyl groups excluding tert-OH is 4. The highest BCUT2D eigenvalue weighted by atomic mass is 16.8. The molecule has 18 nitrogen and oxygen atoms in total. The molecule has 0 aromatic carbocycles. The molecule has 0 aromatic heterocycles. The Hall–Kier alpha value is -3.69. The van der Waals surface area contributed by atoms with Gasteiger partial charge in [-0.3, -0.25) is 4.99 Å². The van der Waals surface area contributed by atoms with E-state index in [4.69, 9.17) is 34.5 Å². The number of hydrogen-bond acceptors (Lipinski definition) is 14. The van der Waals surface area contributed by atoms with Gasteiger partial charge in [0.25, 0.3) is 0 Å². The fourth-order valence-corrected chi connectivity index (χ4v) is 5.64. The second-order valence-electron chi connectivity index (χ2n) is 12.0. The summed E-state index contributed by atoms with van der Waals surface area (Å²) in [5.74, 6) is -6.84. The van der Waals surface area contributed by atoms with E-state index in [0.29, 0.717) is 16.9 Å². The van der Waals surface area contributed by atoms with Crippen LogP contribution in [-0.4, -0.2) is 143 Å². The fraction of sp³-hybridized carbons (Fsp3) is 0.594. The van der Waals surface area contributed by atoms with Crippen molar-refractivity contribution in [2.24, 2.45) is 22.6 Å². The molecule has 0 aliphatic carbocycles. The first-order chi connectivity index (χ1) is 23.7. The number of aliphatic imine (C=N–C) groups is 1. The minimum absolute atomic E-state index is 0.00297. The van der Waals surface area contributed by atoms with Crippen molar-refractivity contribution >= 4 is 17.9 Å². The number of ether oxygens (including phenoxy) is 5. The van der Waals surface area contributed by atoms with Gasteiger partial charge in [0.1, 0.15) is 37.1 Å². The molecule has 0 spiro atoms.